The highest BCUT2D eigenvalue weighted by Crippen LogP contribution is 2.24. The molecule has 0 radical (unpaired) electrons. The molecule has 1 heterocycles. The largest absolute Gasteiger partial charge is 0.508 e. The number of hydrogen-bond acceptors (Lipinski definition) is 5. The molecule has 23 heavy (non-hydrogen) atoms. The minimum Gasteiger partial charge on any atom is -0.508 e. The van der Waals surface area contributed by atoms with E-state index in [0.717, 1.165) is 16.9 Å². The van der Waals surface area contributed by atoms with Gasteiger partial charge in [0.25, 0.3) is 0 Å². The maximum absolute atomic E-state index is 12.2. The third-order valence-electron chi connectivity index (χ3n) is 2.91. The number of thiazole rings is 1. The third kappa shape index (κ3) is 4.91. The number of phenols is 1. The van der Waals surface area contributed by atoms with Crippen molar-refractivity contribution in [1.29, 1.82) is 0 Å². The van der Waals surface area contributed by atoms with E-state index >= 15 is 0 Å². The van der Waals surface area contributed by atoms with Gasteiger partial charge < -0.3 is 10.4 Å². The second kappa shape index (κ2) is 7.89. The van der Waals surface area contributed by atoms with E-state index < -0.39 is 0 Å². The predicted molar refractivity (Wildman–Crippen MR) is 92.3 cm³/mol. The second-order valence-corrected chi connectivity index (χ2v) is 6.09. The summed E-state index contributed by atoms with van der Waals surface area (Å²) in [6.45, 7) is 1.72. The number of halogens is 1. The zero-order valence-corrected chi connectivity index (χ0v) is 13.9. The number of hydrogen-bond donors (Lipinski definition) is 2. The lowest BCUT2D eigenvalue weighted by atomic mass is 10.1. The lowest BCUT2D eigenvalue weighted by molar-refractivity contribution is -0.115. The molecule has 1 amide bonds. The SMILES string of the molecule is Cc1nc(NC(=O)CCCl)sc1C(=O)C=Cc1ccc(O)cc1. The summed E-state index contributed by atoms with van der Waals surface area (Å²) in [7, 11) is 0. The summed E-state index contributed by atoms with van der Waals surface area (Å²) < 4.78 is 0. The fourth-order valence-electron chi connectivity index (χ4n) is 1.78. The molecule has 0 spiro atoms. The topological polar surface area (TPSA) is 79.3 Å². The van der Waals surface area contributed by atoms with Gasteiger partial charge in [-0.15, -0.1) is 11.6 Å². The first-order valence-corrected chi connectivity index (χ1v) is 8.19. The van der Waals surface area contributed by atoms with Crippen molar-refractivity contribution in [2.75, 3.05) is 11.2 Å². The Morgan fingerprint density at radius 2 is 2.04 bits per heavy atom. The highest BCUT2D eigenvalue weighted by Gasteiger charge is 2.14. The van der Waals surface area contributed by atoms with Gasteiger partial charge in [-0.05, 0) is 30.7 Å². The fraction of sp³-hybridized carbons (Fsp3) is 0.188. The van der Waals surface area contributed by atoms with E-state index in [1.165, 1.54) is 6.08 Å². The van der Waals surface area contributed by atoms with Crippen LogP contribution in [-0.2, 0) is 4.79 Å². The molecule has 0 saturated carbocycles. The molecule has 7 heteroatoms. The Bertz CT molecular complexity index is 738. The van der Waals surface area contributed by atoms with E-state index in [1.807, 2.05) is 0 Å². The van der Waals surface area contributed by atoms with Crippen molar-refractivity contribution >= 4 is 45.8 Å². The molecule has 0 atom stereocenters. The van der Waals surface area contributed by atoms with Crippen molar-refractivity contribution in [2.24, 2.45) is 0 Å². The number of aromatic hydroxyl groups is 1. The molecule has 0 aliphatic rings. The zero-order chi connectivity index (χ0) is 16.8. The van der Waals surface area contributed by atoms with Crippen molar-refractivity contribution < 1.29 is 14.7 Å². The molecule has 1 aromatic heterocycles. The van der Waals surface area contributed by atoms with Crippen LogP contribution in [0, 0.1) is 6.92 Å². The quantitative estimate of drug-likeness (QED) is 0.473. The summed E-state index contributed by atoms with van der Waals surface area (Å²) in [5.74, 6) is -0.0143. The predicted octanol–water partition coefficient (Wildman–Crippen LogP) is 3.62. The Hall–Kier alpha value is -2.18. The Kier molecular flexibility index (Phi) is 5.90. The van der Waals surface area contributed by atoms with E-state index in [9.17, 15) is 14.7 Å². The molecule has 5 nitrogen and oxygen atoms in total. The molecule has 0 aliphatic carbocycles. The van der Waals surface area contributed by atoms with Crippen LogP contribution < -0.4 is 5.32 Å². The molecule has 2 N–H and O–H groups in total. The second-order valence-electron chi connectivity index (χ2n) is 4.71. The van der Waals surface area contributed by atoms with E-state index in [2.05, 4.69) is 10.3 Å². The van der Waals surface area contributed by atoms with Gasteiger partial charge >= 0.3 is 0 Å². The van der Waals surface area contributed by atoms with Crippen molar-refractivity contribution in [3.8, 4) is 5.75 Å². The number of rotatable bonds is 6. The molecular formula is C16H15ClN2O3S. The standard InChI is InChI=1S/C16H15ClN2O3S/c1-10-15(23-16(18-10)19-14(22)8-9-17)13(21)7-4-11-2-5-12(20)6-3-11/h2-7,20H,8-9H2,1H3,(H,18,19,22). The molecule has 0 aliphatic heterocycles. The summed E-state index contributed by atoms with van der Waals surface area (Å²) in [4.78, 5) is 28.4. The number of amides is 1. The number of phenolic OH excluding ortho intramolecular Hbond substituents is 1. The maximum atomic E-state index is 12.2. The van der Waals surface area contributed by atoms with Crippen LogP contribution in [0.25, 0.3) is 6.08 Å². The Balaban J connectivity index is 2.08. The van der Waals surface area contributed by atoms with Crippen LogP contribution in [0.3, 0.4) is 0 Å². The highest BCUT2D eigenvalue weighted by molar-refractivity contribution is 7.18. The van der Waals surface area contributed by atoms with Crippen LogP contribution in [0.15, 0.2) is 30.3 Å². The average molecular weight is 351 g/mol. The number of aryl methyl sites for hydroxylation is 1. The van der Waals surface area contributed by atoms with E-state index in [-0.39, 0.29) is 29.7 Å². The van der Waals surface area contributed by atoms with E-state index in [1.54, 1.807) is 37.3 Å². The third-order valence-corrected chi connectivity index (χ3v) is 4.18. The minimum absolute atomic E-state index is 0.170. The number of carbonyl (C=O) groups excluding carboxylic acids is 2. The molecule has 0 saturated heterocycles. The lowest BCUT2D eigenvalue weighted by Crippen LogP contribution is -2.11. The number of allylic oxidation sites excluding steroid dienone is 1. The summed E-state index contributed by atoms with van der Waals surface area (Å²) in [6.07, 6.45) is 3.30. The van der Waals surface area contributed by atoms with Crippen LogP contribution in [0.1, 0.15) is 27.3 Å². The van der Waals surface area contributed by atoms with Gasteiger partial charge in [0.05, 0.1) is 10.6 Å². The van der Waals surface area contributed by atoms with E-state index in [4.69, 9.17) is 11.6 Å². The summed E-state index contributed by atoms with van der Waals surface area (Å²) >= 11 is 6.63. The van der Waals surface area contributed by atoms with Crippen molar-refractivity contribution in [1.82, 2.24) is 4.98 Å². The summed E-state index contributed by atoms with van der Waals surface area (Å²) in [6, 6.07) is 6.51. The van der Waals surface area contributed by atoms with Crippen molar-refractivity contribution in [3.05, 3.63) is 46.5 Å². The first-order chi connectivity index (χ1) is 11.0. The normalized spacial score (nSPS) is 10.9. The first kappa shape index (κ1) is 17.2. The number of anilines is 1. The maximum Gasteiger partial charge on any atom is 0.227 e. The smallest absolute Gasteiger partial charge is 0.227 e. The molecule has 0 unspecified atom stereocenters. The average Bonchev–Trinajstić information content (AvgIpc) is 2.87. The van der Waals surface area contributed by atoms with Gasteiger partial charge in [0.1, 0.15) is 5.75 Å². The zero-order valence-electron chi connectivity index (χ0n) is 12.4. The lowest BCUT2D eigenvalue weighted by Gasteiger charge is -1.97. The number of benzene rings is 1. The number of alkyl halides is 1. The summed E-state index contributed by atoms with van der Waals surface area (Å²) in [5, 5.41) is 12.2. The molecule has 2 aromatic rings. The van der Waals surface area contributed by atoms with Gasteiger partial charge in [0.2, 0.25) is 5.91 Å². The van der Waals surface area contributed by atoms with Crippen molar-refractivity contribution in [3.63, 3.8) is 0 Å². The van der Waals surface area contributed by atoms with Crippen LogP contribution in [0.2, 0.25) is 0 Å². The Morgan fingerprint density at radius 1 is 1.35 bits per heavy atom. The van der Waals surface area contributed by atoms with Gasteiger partial charge in [-0.1, -0.05) is 29.5 Å². The minimum atomic E-state index is -0.229. The number of ketones is 1. The van der Waals surface area contributed by atoms with Crippen LogP contribution in [0.4, 0.5) is 5.13 Å². The van der Waals surface area contributed by atoms with Crippen LogP contribution in [-0.4, -0.2) is 27.7 Å². The number of nitrogens with zero attached hydrogens (tertiary/aromatic N) is 1. The van der Waals surface area contributed by atoms with E-state index in [0.29, 0.717) is 15.7 Å². The van der Waals surface area contributed by atoms with Crippen LogP contribution in [0.5, 0.6) is 5.75 Å². The molecule has 0 bridgehead atoms. The van der Waals surface area contributed by atoms with Gasteiger partial charge in [-0.3, -0.25) is 9.59 Å². The molecule has 120 valence electrons. The molecule has 2 rings (SSSR count). The Labute approximate surface area is 142 Å². The molecular weight excluding hydrogens is 336 g/mol. The monoisotopic (exact) mass is 350 g/mol. The van der Waals surface area contributed by atoms with Gasteiger partial charge in [-0.25, -0.2) is 4.98 Å². The number of carbonyl (C=O) groups is 2. The summed E-state index contributed by atoms with van der Waals surface area (Å²) in [5.41, 5.74) is 1.37. The van der Waals surface area contributed by atoms with Gasteiger partial charge in [-0.2, -0.15) is 0 Å². The molecule has 1 aromatic carbocycles. The van der Waals surface area contributed by atoms with Crippen LogP contribution >= 0.6 is 22.9 Å². The Morgan fingerprint density at radius 3 is 2.70 bits per heavy atom. The number of nitrogens with one attached hydrogen (secondary N) is 1. The molecule has 0 fully saturated rings. The van der Waals surface area contributed by atoms with Crippen molar-refractivity contribution in [2.45, 2.75) is 13.3 Å². The van der Waals surface area contributed by atoms with Gasteiger partial charge in [0, 0.05) is 12.3 Å². The number of aromatic nitrogens is 1. The van der Waals surface area contributed by atoms with Gasteiger partial charge in [0.15, 0.2) is 10.9 Å². The fourth-order valence-corrected chi connectivity index (χ4v) is 2.85. The highest BCUT2D eigenvalue weighted by atomic mass is 35.5. The first-order valence-electron chi connectivity index (χ1n) is 6.84.